The Morgan fingerprint density at radius 2 is 2.15 bits per heavy atom. The fourth-order valence-electron chi connectivity index (χ4n) is 1.99. The van der Waals surface area contributed by atoms with Gasteiger partial charge in [-0.25, -0.2) is 0 Å². The molecule has 2 aliphatic rings. The predicted molar refractivity (Wildman–Crippen MR) is 50.5 cm³/mol. The molecule has 0 bridgehead atoms. The van der Waals surface area contributed by atoms with E-state index in [4.69, 9.17) is 15.2 Å². The van der Waals surface area contributed by atoms with Crippen molar-refractivity contribution in [2.24, 2.45) is 5.73 Å². The SMILES string of the molecule is CC1CCC(COC2CC(N)C2)O1. The van der Waals surface area contributed by atoms with Crippen LogP contribution >= 0.6 is 0 Å². The van der Waals surface area contributed by atoms with Crippen LogP contribution in [-0.4, -0.2) is 31.0 Å². The number of hydrogen-bond acceptors (Lipinski definition) is 3. The van der Waals surface area contributed by atoms with E-state index in [1.165, 1.54) is 6.42 Å². The summed E-state index contributed by atoms with van der Waals surface area (Å²) in [6, 6.07) is 0.383. The molecule has 3 nitrogen and oxygen atoms in total. The third kappa shape index (κ3) is 2.42. The molecular formula is C10H19NO2. The van der Waals surface area contributed by atoms with E-state index in [9.17, 15) is 0 Å². The fourth-order valence-corrected chi connectivity index (χ4v) is 1.99. The van der Waals surface area contributed by atoms with E-state index >= 15 is 0 Å². The van der Waals surface area contributed by atoms with Crippen LogP contribution in [0.2, 0.25) is 0 Å². The summed E-state index contributed by atoms with van der Waals surface area (Å²) in [5.41, 5.74) is 5.66. The summed E-state index contributed by atoms with van der Waals surface area (Å²) in [6.07, 6.45) is 5.57. The molecule has 2 N–H and O–H groups in total. The number of nitrogens with two attached hydrogens (primary N) is 1. The van der Waals surface area contributed by atoms with Gasteiger partial charge in [0.25, 0.3) is 0 Å². The van der Waals surface area contributed by atoms with Gasteiger partial charge >= 0.3 is 0 Å². The Morgan fingerprint density at radius 3 is 2.69 bits per heavy atom. The van der Waals surface area contributed by atoms with Gasteiger partial charge in [-0.05, 0) is 32.6 Å². The Labute approximate surface area is 79.6 Å². The van der Waals surface area contributed by atoms with Gasteiger partial charge in [-0.3, -0.25) is 0 Å². The highest BCUT2D eigenvalue weighted by Gasteiger charge is 2.29. The van der Waals surface area contributed by atoms with Crippen LogP contribution in [0, 0.1) is 0 Å². The summed E-state index contributed by atoms with van der Waals surface area (Å²) in [5.74, 6) is 0. The lowest BCUT2D eigenvalue weighted by atomic mass is 9.90. The number of ether oxygens (including phenoxy) is 2. The van der Waals surface area contributed by atoms with Gasteiger partial charge in [-0.1, -0.05) is 0 Å². The third-order valence-corrected chi connectivity index (χ3v) is 2.97. The smallest absolute Gasteiger partial charge is 0.0813 e. The van der Waals surface area contributed by atoms with Crippen molar-refractivity contribution < 1.29 is 9.47 Å². The first kappa shape index (κ1) is 9.44. The van der Waals surface area contributed by atoms with E-state index in [0.29, 0.717) is 24.4 Å². The van der Waals surface area contributed by atoms with E-state index in [1.807, 2.05) is 0 Å². The van der Waals surface area contributed by atoms with Crippen LogP contribution in [0.1, 0.15) is 32.6 Å². The van der Waals surface area contributed by atoms with E-state index < -0.39 is 0 Å². The molecule has 1 saturated heterocycles. The van der Waals surface area contributed by atoms with Crippen LogP contribution in [0.4, 0.5) is 0 Å². The summed E-state index contributed by atoms with van der Waals surface area (Å²) in [5, 5.41) is 0. The molecule has 2 unspecified atom stereocenters. The topological polar surface area (TPSA) is 44.5 Å². The zero-order valence-electron chi connectivity index (χ0n) is 8.24. The van der Waals surface area contributed by atoms with Crippen LogP contribution in [0.15, 0.2) is 0 Å². The van der Waals surface area contributed by atoms with Crippen molar-refractivity contribution in [1.29, 1.82) is 0 Å². The van der Waals surface area contributed by atoms with Crippen LogP contribution in [-0.2, 0) is 9.47 Å². The van der Waals surface area contributed by atoms with Gasteiger partial charge < -0.3 is 15.2 Å². The van der Waals surface area contributed by atoms with Crippen molar-refractivity contribution in [2.75, 3.05) is 6.61 Å². The maximum absolute atomic E-state index is 5.68. The highest BCUT2D eigenvalue weighted by Crippen LogP contribution is 2.24. The molecule has 0 radical (unpaired) electrons. The Bertz CT molecular complexity index is 168. The molecule has 1 saturated carbocycles. The van der Waals surface area contributed by atoms with Crippen molar-refractivity contribution in [1.82, 2.24) is 0 Å². The average Bonchev–Trinajstić information content (AvgIpc) is 2.43. The minimum absolute atomic E-state index is 0.340. The summed E-state index contributed by atoms with van der Waals surface area (Å²) < 4.78 is 11.3. The van der Waals surface area contributed by atoms with Gasteiger partial charge in [0.1, 0.15) is 0 Å². The van der Waals surface area contributed by atoms with E-state index in [0.717, 1.165) is 25.9 Å². The second kappa shape index (κ2) is 3.95. The Hall–Kier alpha value is -0.120. The molecule has 1 aliphatic heterocycles. The molecule has 1 aliphatic carbocycles. The summed E-state index contributed by atoms with van der Waals surface area (Å²) >= 11 is 0. The molecule has 0 aromatic heterocycles. The van der Waals surface area contributed by atoms with Gasteiger partial charge in [0.15, 0.2) is 0 Å². The zero-order chi connectivity index (χ0) is 9.26. The van der Waals surface area contributed by atoms with Gasteiger partial charge in [0.2, 0.25) is 0 Å². The number of rotatable bonds is 3. The molecule has 13 heavy (non-hydrogen) atoms. The molecule has 2 atom stereocenters. The minimum atomic E-state index is 0.340. The van der Waals surface area contributed by atoms with Crippen LogP contribution < -0.4 is 5.73 Å². The molecule has 0 aromatic rings. The van der Waals surface area contributed by atoms with Crippen molar-refractivity contribution in [3.8, 4) is 0 Å². The predicted octanol–water partition coefficient (Wildman–Crippen LogP) is 1.06. The largest absolute Gasteiger partial charge is 0.375 e. The Balaban J connectivity index is 1.58. The maximum Gasteiger partial charge on any atom is 0.0813 e. The van der Waals surface area contributed by atoms with Crippen molar-refractivity contribution >= 4 is 0 Å². The quantitative estimate of drug-likeness (QED) is 0.715. The lowest BCUT2D eigenvalue weighted by Gasteiger charge is -2.32. The second-order valence-electron chi connectivity index (χ2n) is 4.33. The van der Waals surface area contributed by atoms with Crippen LogP contribution in [0.5, 0.6) is 0 Å². The molecule has 0 spiro atoms. The molecule has 76 valence electrons. The van der Waals surface area contributed by atoms with Crippen LogP contribution in [0.25, 0.3) is 0 Å². The average molecular weight is 185 g/mol. The summed E-state index contributed by atoms with van der Waals surface area (Å²) in [6.45, 7) is 2.89. The van der Waals surface area contributed by atoms with E-state index in [-0.39, 0.29) is 0 Å². The third-order valence-electron chi connectivity index (χ3n) is 2.97. The Morgan fingerprint density at radius 1 is 1.38 bits per heavy atom. The monoisotopic (exact) mass is 185 g/mol. The molecule has 0 amide bonds. The van der Waals surface area contributed by atoms with Gasteiger partial charge in [0.05, 0.1) is 24.9 Å². The molecule has 2 fully saturated rings. The molecular weight excluding hydrogens is 166 g/mol. The lowest BCUT2D eigenvalue weighted by molar-refractivity contribution is -0.0655. The second-order valence-corrected chi connectivity index (χ2v) is 4.33. The van der Waals surface area contributed by atoms with E-state index in [1.54, 1.807) is 0 Å². The van der Waals surface area contributed by atoms with Gasteiger partial charge in [-0.15, -0.1) is 0 Å². The fraction of sp³-hybridized carbons (Fsp3) is 1.00. The first-order valence-electron chi connectivity index (χ1n) is 5.26. The normalized spacial score (nSPS) is 44.8. The first-order chi connectivity index (χ1) is 6.24. The maximum atomic E-state index is 5.68. The van der Waals surface area contributed by atoms with Crippen molar-refractivity contribution in [2.45, 2.75) is 57.0 Å². The Kier molecular flexibility index (Phi) is 2.86. The minimum Gasteiger partial charge on any atom is -0.375 e. The standard InChI is InChI=1S/C10H19NO2/c1-7-2-3-9(13-7)6-12-10-4-8(11)5-10/h7-10H,2-6,11H2,1H3. The van der Waals surface area contributed by atoms with Crippen LogP contribution in [0.3, 0.4) is 0 Å². The lowest BCUT2D eigenvalue weighted by Crippen LogP contribution is -2.42. The molecule has 0 aromatic carbocycles. The summed E-state index contributed by atoms with van der Waals surface area (Å²) in [7, 11) is 0. The first-order valence-corrected chi connectivity index (χ1v) is 5.26. The zero-order valence-corrected chi connectivity index (χ0v) is 8.24. The van der Waals surface area contributed by atoms with E-state index in [2.05, 4.69) is 6.92 Å². The van der Waals surface area contributed by atoms with Crippen molar-refractivity contribution in [3.63, 3.8) is 0 Å². The van der Waals surface area contributed by atoms with Gasteiger partial charge in [0, 0.05) is 6.04 Å². The highest BCUT2D eigenvalue weighted by atomic mass is 16.5. The van der Waals surface area contributed by atoms with Gasteiger partial charge in [-0.2, -0.15) is 0 Å². The number of hydrogen-bond donors (Lipinski definition) is 1. The van der Waals surface area contributed by atoms with Crippen molar-refractivity contribution in [3.05, 3.63) is 0 Å². The highest BCUT2D eigenvalue weighted by molar-refractivity contribution is 4.83. The molecule has 2 rings (SSSR count). The molecule has 3 heteroatoms. The molecule has 1 heterocycles. The summed E-state index contributed by atoms with van der Waals surface area (Å²) in [4.78, 5) is 0.